The molecule has 2 atom stereocenters. The number of fused-ring (bicyclic) bond motifs is 5. The topological polar surface area (TPSA) is 78.8 Å². The zero-order valence-corrected chi connectivity index (χ0v) is 9.80. The Morgan fingerprint density at radius 3 is 3.06 bits per heavy atom. The molecule has 2 heterocycles. The lowest BCUT2D eigenvalue weighted by Crippen LogP contribution is -2.46. The van der Waals surface area contributed by atoms with Crippen LogP contribution in [0.15, 0.2) is 24.3 Å². The first-order chi connectivity index (χ1) is 8.63. The molecule has 3 N–H and O–H groups in total. The average Bonchev–Trinajstić information content (AvgIpc) is 2.94. The summed E-state index contributed by atoms with van der Waals surface area (Å²) in [5.74, 6) is -0.289. The van der Waals surface area contributed by atoms with Crippen LogP contribution in [0.5, 0.6) is 0 Å². The Morgan fingerprint density at radius 1 is 1.50 bits per heavy atom. The van der Waals surface area contributed by atoms with Gasteiger partial charge in [-0.1, -0.05) is 24.3 Å². The highest BCUT2D eigenvalue weighted by Crippen LogP contribution is 2.54. The summed E-state index contributed by atoms with van der Waals surface area (Å²) in [6.07, 6.45) is 1.27. The van der Waals surface area contributed by atoms with Crippen LogP contribution < -0.4 is 5.32 Å². The smallest absolute Gasteiger partial charge is 0.426 e. The van der Waals surface area contributed by atoms with Crippen LogP contribution in [-0.2, 0) is 15.1 Å². The molecule has 2 aliphatic rings. The summed E-state index contributed by atoms with van der Waals surface area (Å²) in [7, 11) is -1.54. The Bertz CT molecular complexity index is 493. The number of carbonyl (C=O) groups excluding carboxylic acids is 1. The maximum absolute atomic E-state index is 12.2. The molecule has 1 amide bonds. The van der Waals surface area contributed by atoms with Gasteiger partial charge in [0, 0.05) is 0 Å². The summed E-state index contributed by atoms with van der Waals surface area (Å²) in [6.45, 7) is 0. The Balaban J connectivity index is 1.89. The third-order valence-electron chi connectivity index (χ3n) is 3.66. The SMILES string of the molecule is O=C(NCB(O)O)[C@]12CC[C@H](O1)c1ccccc12. The van der Waals surface area contributed by atoms with Gasteiger partial charge < -0.3 is 20.1 Å². The summed E-state index contributed by atoms with van der Waals surface area (Å²) >= 11 is 0. The van der Waals surface area contributed by atoms with Crippen molar-refractivity contribution in [3.63, 3.8) is 0 Å². The minimum atomic E-state index is -1.54. The molecule has 1 saturated heterocycles. The molecule has 1 aromatic carbocycles. The van der Waals surface area contributed by atoms with Crippen molar-refractivity contribution in [3.8, 4) is 0 Å². The van der Waals surface area contributed by atoms with Gasteiger partial charge in [0.15, 0.2) is 5.60 Å². The number of hydrogen-bond acceptors (Lipinski definition) is 4. The van der Waals surface area contributed by atoms with Crippen molar-refractivity contribution in [2.45, 2.75) is 24.5 Å². The number of benzene rings is 1. The number of rotatable bonds is 3. The molecule has 0 unspecified atom stereocenters. The van der Waals surface area contributed by atoms with E-state index in [4.69, 9.17) is 14.8 Å². The maximum Gasteiger partial charge on any atom is 0.472 e. The molecule has 0 aromatic heterocycles. The first kappa shape index (κ1) is 11.7. The molecule has 0 aliphatic carbocycles. The van der Waals surface area contributed by atoms with E-state index in [0.29, 0.717) is 6.42 Å². The fourth-order valence-corrected chi connectivity index (χ4v) is 2.87. The lowest BCUT2D eigenvalue weighted by Gasteiger charge is -2.25. The van der Waals surface area contributed by atoms with E-state index in [1.807, 2.05) is 24.3 Å². The molecular formula is C12H14BNO4. The maximum atomic E-state index is 12.2. The fraction of sp³-hybridized carbons (Fsp3) is 0.417. The second-order valence-corrected chi connectivity index (χ2v) is 4.75. The Hall–Kier alpha value is -1.37. The van der Waals surface area contributed by atoms with Crippen LogP contribution in [0.1, 0.15) is 30.1 Å². The Kier molecular flexibility index (Phi) is 2.66. The highest BCUT2D eigenvalue weighted by molar-refractivity contribution is 6.41. The van der Waals surface area contributed by atoms with Gasteiger partial charge in [-0.05, 0) is 24.0 Å². The van der Waals surface area contributed by atoms with Gasteiger partial charge >= 0.3 is 7.12 Å². The van der Waals surface area contributed by atoms with Gasteiger partial charge in [0.25, 0.3) is 5.91 Å². The van der Waals surface area contributed by atoms with E-state index in [2.05, 4.69) is 5.32 Å². The third-order valence-corrected chi connectivity index (χ3v) is 3.66. The van der Waals surface area contributed by atoms with Crippen LogP contribution in [0.25, 0.3) is 0 Å². The number of ether oxygens (including phenoxy) is 1. The lowest BCUT2D eigenvalue weighted by atomic mass is 9.81. The molecule has 2 bridgehead atoms. The van der Waals surface area contributed by atoms with Crippen molar-refractivity contribution < 1.29 is 19.6 Å². The highest BCUT2D eigenvalue weighted by atomic mass is 16.5. The first-order valence-corrected chi connectivity index (χ1v) is 6.05. The zero-order valence-electron chi connectivity index (χ0n) is 9.80. The minimum absolute atomic E-state index is 0.00833. The highest BCUT2D eigenvalue weighted by Gasteiger charge is 2.55. The molecule has 18 heavy (non-hydrogen) atoms. The summed E-state index contributed by atoms with van der Waals surface area (Å²) < 4.78 is 5.85. The third kappa shape index (κ3) is 1.57. The monoisotopic (exact) mass is 247 g/mol. The summed E-state index contributed by atoms with van der Waals surface area (Å²) in [6, 6.07) is 7.71. The molecule has 3 rings (SSSR count). The lowest BCUT2D eigenvalue weighted by molar-refractivity contribution is -0.143. The molecule has 6 heteroatoms. The molecule has 1 fully saturated rings. The Labute approximate surface area is 105 Å². The van der Waals surface area contributed by atoms with Crippen LogP contribution in [0.3, 0.4) is 0 Å². The largest absolute Gasteiger partial charge is 0.472 e. The van der Waals surface area contributed by atoms with E-state index in [0.717, 1.165) is 17.5 Å². The van der Waals surface area contributed by atoms with E-state index >= 15 is 0 Å². The molecule has 1 aromatic rings. The molecule has 2 aliphatic heterocycles. The Morgan fingerprint density at radius 2 is 2.28 bits per heavy atom. The van der Waals surface area contributed by atoms with Crippen molar-refractivity contribution in [1.29, 1.82) is 0 Å². The summed E-state index contributed by atoms with van der Waals surface area (Å²) in [4.78, 5) is 12.2. The van der Waals surface area contributed by atoms with E-state index in [9.17, 15) is 4.79 Å². The first-order valence-electron chi connectivity index (χ1n) is 6.05. The van der Waals surface area contributed by atoms with Crippen molar-refractivity contribution in [2.24, 2.45) is 0 Å². The molecule has 94 valence electrons. The number of amides is 1. The predicted molar refractivity (Wildman–Crippen MR) is 64.4 cm³/mol. The van der Waals surface area contributed by atoms with Gasteiger partial charge in [-0.25, -0.2) is 0 Å². The van der Waals surface area contributed by atoms with E-state index in [-0.39, 0.29) is 18.5 Å². The van der Waals surface area contributed by atoms with Crippen LogP contribution >= 0.6 is 0 Å². The molecule has 0 radical (unpaired) electrons. The van der Waals surface area contributed by atoms with E-state index in [1.54, 1.807) is 0 Å². The van der Waals surface area contributed by atoms with Crippen LogP contribution in [-0.4, -0.2) is 29.5 Å². The van der Waals surface area contributed by atoms with Crippen LogP contribution in [0.2, 0.25) is 0 Å². The van der Waals surface area contributed by atoms with Crippen LogP contribution in [0, 0.1) is 0 Å². The minimum Gasteiger partial charge on any atom is -0.426 e. The standard InChI is InChI=1S/C12H14BNO4/c15-11(14-7-13(16)17)12-6-5-10(18-12)8-3-1-2-4-9(8)12/h1-4,10,16-17H,5-7H2,(H,14,15)/t10-,12+/m0/s1. The zero-order chi connectivity index (χ0) is 12.8. The number of nitrogens with one attached hydrogen (secondary N) is 1. The summed E-state index contributed by atoms with van der Waals surface area (Å²) in [5, 5.41) is 20.1. The summed E-state index contributed by atoms with van der Waals surface area (Å²) in [5.41, 5.74) is 1.05. The second kappa shape index (κ2) is 4.08. The molecular weight excluding hydrogens is 233 g/mol. The molecule has 0 spiro atoms. The van der Waals surface area contributed by atoms with Gasteiger partial charge in [-0.3, -0.25) is 4.79 Å². The quantitative estimate of drug-likeness (QED) is 0.650. The fourth-order valence-electron chi connectivity index (χ4n) is 2.87. The van der Waals surface area contributed by atoms with Gasteiger partial charge in [-0.15, -0.1) is 0 Å². The van der Waals surface area contributed by atoms with Crippen molar-refractivity contribution in [3.05, 3.63) is 35.4 Å². The van der Waals surface area contributed by atoms with E-state index in [1.165, 1.54) is 0 Å². The number of carbonyl (C=O) groups is 1. The second-order valence-electron chi connectivity index (χ2n) is 4.75. The van der Waals surface area contributed by atoms with E-state index < -0.39 is 12.7 Å². The molecule has 5 nitrogen and oxygen atoms in total. The number of hydrogen-bond donors (Lipinski definition) is 3. The van der Waals surface area contributed by atoms with Crippen LogP contribution in [0.4, 0.5) is 0 Å². The predicted octanol–water partition coefficient (Wildman–Crippen LogP) is -0.125. The van der Waals surface area contributed by atoms with Gasteiger partial charge in [0.05, 0.1) is 12.5 Å². The normalized spacial score (nSPS) is 28.0. The van der Waals surface area contributed by atoms with Crippen molar-refractivity contribution >= 4 is 13.0 Å². The van der Waals surface area contributed by atoms with Gasteiger partial charge in [0.2, 0.25) is 0 Å². The molecule has 0 saturated carbocycles. The van der Waals surface area contributed by atoms with Crippen molar-refractivity contribution in [2.75, 3.05) is 6.44 Å². The average molecular weight is 247 g/mol. The van der Waals surface area contributed by atoms with Gasteiger partial charge in [0.1, 0.15) is 0 Å². The van der Waals surface area contributed by atoms with Gasteiger partial charge in [-0.2, -0.15) is 0 Å². The van der Waals surface area contributed by atoms with Crippen molar-refractivity contribution in [1.82, 2.24) is 5.32 Å².